The smallest absolute Gasteiger partial charge is 0.286 e. The number of methoxy groups -OCH3 is 1. The van der Waals surface area contributed by atoms with Crippen LogP contribution in [0.25, 0.3) is 0 Å². The number of nitrogens with one attached hydrogen (secondary N) is 2. The monoisotopic (exact) mass is 414 g/mol. The van der Waals surface area contributed by atoms with E-state index < -0.39 is 0 Å². The van der Waals surface area contributed by atoms with E-state index in [1.54, 1.807) is 7.11 Å². The van der Waals surface area contributed by atoms with Crippen LogP contribution in [0.15, 0.2) is 28.7 Å². The molecule has 7 nitrogen and oxygen atoms in total. The van der Waals surface area contributed by atoms with Crippen LogP contribution >= 0.6 is 0 Å². The summed E-state index contributed by atoms with van der Waals surface area (Å²) in [5.74, 6) is 0.465. The van der Waals surface area contributed by atoms with Crippen LogP contribution in [0.1, 0.15) is 76.3 Å². The van der Waals surface area contributed by atoms with Gasteiger partial charge >= 0.3 is 0 Å². The van der Waals surface area contributed by atoms with Crippen LogP contribution in [-0.2, 0) is 0 Å². The number of aliphatic hydroxyl groups is 1. The summed E-state index contributed by atoms with van der Waals surface area (Å²) in [6.07, 6.45) is 2.52. The Morgan fingerprint density at radius 3 is 2.47 bits per heavy atom. The Hall–Kier alpha value is -2.80. The lowest BCUT2D eigenvalue weighted by atomic mass is 9.92. The number of amides is 2. The van der Waals surface area contributed by atoms with Crippen LogP contribution in [0.5, 0.6) is 5.75 Å². The van der Waals surface area contributed by atoms with E-state index >= 15 is 0 Å². The van der Waals surface area contributed by atoms with Gasteiger partial charge in [-0.15, -0.1) is 0 Å². The summed E-state index contributed by atoms with van der Waals surface area (Å²) in [6, 6.07) is 7.33. The Morgan fingerprint density at radius 2 is 1.87 bits per heavy atom. The quantitative estimate of drug-likeness (QED) is 0.674. The molecule has 1 aliphatic rings. The third-order valence-corrected chi connectivity index (χ3v) is 5.80. The molecule has 1 saturated carbocycles. The standard InChI is InChI=1S/C23H30N2O5/c1-13-11-15(5-10-19(13)29-4)14(2)21-18(12-20(30-21)23(28)24-3)22(27)25-16-6-8-17(26)9-7-16/h5,10-12,14,16-17,26H,6-9H2,1-4H3,(H,24,28)(H,25,27)/t14-,16-,17-/m1/s1. The molecule has 2 amide bonds. The first-order valence-electron chi connectivity index (χ1n) is 10.3. The number of furan rings is 1. The second-order valence-electron chi connectivity index (χ2n) is 7.90. The largest absolute Gasteiger partial charge is 0.496 e. The molecule has 3 N–H and O–H groups in total. The van der Waals surface area contributed by atoms with Crippen molar-refractivity contribution in [2.24, 2.45) is 0 Å². The zero-order valence-corrected chi connectivity index (χ0v) is 18.0. The topological polar surface area (TPSA) is 101 Å². The van der Waals surface area contributed by atoms with Gasteiger partial charge in [-0.3, -0.25) is 9.59 Å². The van der Waals surface area contributed by atoms with Gasteiger partial charge in [0.1, 0.15) is 11.5 Å². The number of hydrogen-bond donors (Lipinski definition) is 3. The number of rotatable bonds is 6. The van der Waals surface area contributed by atoms with Gasteiger partial charge in [-0.05, 0) is 49.8 Å². The number of carbonyl (C=O) groups is 2. The molecule has 0 unspecified atom stereocenters. The van der Waals surface area contributed by atoms with Crippen molar-refractivity contribution >= 4 is 11.8 Å². The SMILES string of the molecule is CNC(=O)c1cc(C(=O)N[C@H]2CC[C@H](O)CC2)c([C@H](C)c2ccc(OC)c(C)c2)o1. The zero-order chi connectivity index (χ0) is 21.8. The molecule has 2 aromatic rings. The fraction of sp³-hybridized carbons (Fsp3) is 0.478. The molecule has 162 valence electrons. The second kappa shape index (κ2) is 9.34. The Kier molecular flexibility index (Phi) is 6.82. The van der Waals surface area contributed by atoms with Gasteiger partial charge in [-0.1, -0.05) is 19.1 Å². The molecule has 0 spiro atoms. The van der Waals surface area contributed by atoms with Crippen molar-refractivity contribution in [2.45, 2.75) is 57.6 Å². The zero-order valence-electron chi connectivity index (χ0n) is 18.0. The highest BCUT2D eigenvalue weighted by Gasteiger charge is 2.28. The third kappa shape index (κ3) is 4.67. The van der Waals surface area contributed by atoms with Gasteiger partial charge in [0.05, 0.1) is 18.8 Å². The van der Waals surface area contributed by atoms with Crippen molar-refractivity contribution in [3.05, 3.63) is 52.5 Å². The van der Waals surface area contributed by atoms with Gasteiger partial charge in [0, 0.05) is 25.1 Å². The van der Waals surface area contributed by atoms with E-state index in [2.05, 4.69) is 10.6 Å². The average molecular weight is 415 g/mol. The summed E-state index contributed by atoms with van der Waals surface area (Å²) < 4.78 is 11.2. The van der Waals surface area contributed by atoms with Crippen LogP contribution in [0, 0.1) is 6.92 Å². The van der Waals surface area contributed by atoms with E-state index in [1.165, 1.54) is 13.1 Å². The molecular formula is C23H30N2O5. The molecule has 1 aliphatic carbocycles. The van der Waals surface area contributed by atoms with Crippen molar-refractivity contribution < 1.29 is 23.8 Å². The molecule has 7 heteroatoms. The summed E-state index contributed by atoms with van der Waals surface area (Å²) in [6.45, 7) is 3.90. The summed E-state index contributed by atoms with van der Waals surface area (Å²) in [5.41, 5.74) is 2.30. The molecule has 1 aromatic heterocycles. The predicted octanol–water partition coefficient (Wildman–Crippen LogP) is 3.14. The number of aliphatic hydroxyl groups excluding tert-OH is 1. The molecule has 1 heterocycles. The van der Waals surface area contributed by atoms with E-state index in [0.717, 1.165) is 29.7 Å². The summed E-state index contributed by atoms with van der Waals surface area (Å²) in [4.78, 5) is 25.2. The van der Waals surface area contributed by atoms with Crippen molar-refractivity contribution in [3.63, 3.8) is 0 Å². The lowest BCUT2D eigenvalue weighted by Crippen LogP contribution is -2.38. The van der Waals surface area contributed by atoms with Gasteiger partial charge < -0.3 is 24.9 Å². The highest BCUT2D eigenvalue weighted by Crippen LogP contribution is 2.32. The van der Waals surface area contributed by atoms with E-state index in [0.29, 0.717) is 24.2 Å². The molecule has 30 heavy (non-hydrogen) atoms. The van der Waals surface area contributed by atoms with Crippen molar-refractivity contribution in [3.8, 4) is 5.75 Å². The number of carbonyl (C=O) groups excluding carboxylic acids is 2. The Labute approximate surface area is 176 Å². The van der Waals surface area contributed by atoms with E-state index in [-0.39, 0.29) is 35.6 Å². The molecule has 1 aromatic carbocycles. The Balaban J connectivity index is 1.90. The van der Waals surface area contributed by atoms with Crippen molar-refractivity contribution in [1.82, 2.24) is 10.6 Å². The van der Waals surface area contributed by atoms with Gasteiger partial charge in [-0.2, -0.15) is 0 Å². The molecule has 3 rings (SSSR count). The lowest BCUT2D eigenvalue weighted by Gasteiger charge is -2.26. The molecule has 0 saturated heterocycles. The average Bonchev–Trinajstić information content (AvgIpc) is 3.20. The van der Waals surface area contributed by atoms with Crippen LogP contribution in [-0.4, -0.2) is 43.2 Å². The normalized spacial score (nSPS) is 19.8. The predicted molar refractivity (Wildman–Crippen MR) is 113 cm³/mol. The number of benzene rings is 1. The maximum atomic E-state index is 13.1. The molecular weight excluding hydrogens is 384 g/mol. The fourth-order valence-corrected chi connectivity index (χ4v) is 3.94. The Bertz CT molecular complexity index is 912. The Morgan fingerprint density at radius 1 is 1.17 bits per heavy atom. The lowest BCUT2D eigenvalue weighted by molar-refractivity contribution is 0.0864. The van der Waals surface area contributed by atoms with E-state index in [1.807, 2.05) is 32.0 Å². The van der Waals surface area contributed by atoms with Crippen LogP contribution in [0.4, 0.5) is 0 Å². The maximum Gasteiger partial charge on any atom is 0.286 e. The minimum absolute atomic E-state index is 0.00522. The summed E-state index contributed by atoms with van der Waals surface area (Å²) in [7, 11) is 3.15. The van der Waals surface area contributed by atoms with Gasteiger partial charge in [-0.25, -0.2) is 0 Å². The maximum absolute atomic E-state index is 13.1. The molecule has 0 radical (unpaired) electrons. The molecule has 1 atom stereocenters. The number of hydrogen-bond acceptors (Lipinski definition) is 5. The summed E-state index contributed by atoms with van der Waals surface area (Å²) in [5, 5.41) is 15.3. The first-order chi connectivity index (χ1) is 14.3. The van der Waals surface area contributed by atoms with E-state index in [4.69, 9.17) is 9.15 Å². The highest BCUT2D eigenvalue weighted by atomic mass is 16.5. The van der Waals surface area contributed by atoms with Gasteiger partial charge in [0.25, 0.3) is 11.8 Å². The number of aryl methyl sites for hydroxylation is 1. The first-order valence-corrected chi connectivity index (χ1v) is 10.3. The molecule has 1 fully saturated rings. The van der Waals surface area contributed by atoms with Crippen molar-refractivity contribution in [1.29, 1.82) is 0 Å². The third-order valence-electron chi connectivity index (χ3n) is 5.80. The number of ether oxygens (including phenoxy) is 1. The van der Waals surface area contributed by atoms with Crippen LogP contribution < -0.4 is 15.4 Å². The van der Waals surface area contributed by atoms with Gasteiger partial charge in [0.15, 0.2) is 5.76 Å². The van der Waals surface area contributed by atoms with Crippen LogP contribution in [0.2, 0.25) is 0 Å². The van der Waals surface area contributed by atoms with E-state index in [9.17, 15) is 14.7 Å². The van der Waals surface area contributed by atoms with Crippen LogP contribution in [0.3, 0.4) is 0 Å². The minimum Gasteiger partial charge on any atom is -0.496 e. The van der Waals surface area contributed by atoms with Gasteiger partial charge in [0.2, 0.25) is 0 Å². The fourth-order valence-electron chi connectivity index (χ4n) is 3.94. The highest BCUT2D eigenvalue weighted by molar-refractivity contribution is 5.99. The molecule has 0 aliphatic heterocycles. The second-order valence-corrected chi connectivity index (χ2v) is 7.90. The molecule has 0 bridgehead atoms. The minimum atomic E-state index is -0.380. The summed E-state index contributed by atoms with van der Waals surface area (Å²) >= 11 is 0. The van der Waals surface area contributed by atoms with Crippen molar-refractivity contribution in [2.75, 3.05) is 14.2 Å². The first kappa shape index (κ1) is 21.9.